The van der Waals surface area contributed by atoms with E-state index in [9.17, 15) is 20.2 Å². The van der Waals surface area contributed by atoms with Crippen molar-refractivity contribution in [2.45, 2.75) is 26.5 Å². The first-order chi connectivity index (χ1) is 14.8. The molecule has 1 aromatic carbocycles. The summed E-state index contributed by atoms with van der Waals surface area (Å²) in [5.41, 5.74) is 6.55. The number of nitrogens with zero attached hydrogens (tertiary/aromatic N) is 4. The van der Waals surface area contributed by atoms with Crippen molar-refractivity contribution in [1.29, 1.82) is 5.26 Å². The van der Waals surface area contributed by atoms with E-state index in [-0.39, 0.29) is 41.8 Å². The number of nitriles is 1. The second-order valence-electron chi connectivity index (χ2n) is 6.46. The van der Waals surface area contributed by atoms with E-state index in [1.54, 1.807) is 38.1 Å². The molecule has 1 unspecified atom stereocenters. The monoisotopic (exact) mass is 425 g/mol. The van der Waals surface area contributed by atoms with E-state index in [1.807, 2.05) is 6.07 Å². The molecule has 1 aliphatic heterocycles. The maximum Gasteiger partial charge on any atom is 0.338 e. The van der Waals surface area contributed by atoms with Crippen LogP contribution in [-0.4, -0.2) is 27.3 Å². The predicted molar refractivity (Wildman–Crippen MR) is 106 cm³/mol. The van der Waals surface area contributed by atoms with E-state index < -0.39 is 16.8 Å². The van der Waals surface area contributed by atoms with Crippen LogP contribution in [0.15, 0.2) is 59.4 Å². The number of benzene rings is 1. The molecule has 0 amide bonds. The van der Waals surface area contributed by atoms with Crippen molar-refractivity contribution in [1.82, 2.24) is 9.78 Å². The molecule has 1 aromatic heterocycles. The summed E-state index contributed by atoms with van der Waals surface area (Å²) < 4.78 is 17.5. The molecule has 1 atom stereocenters. The second kappa shape index (κ2) is 9.00. The van der Waals surface area contributed by atoms with Gasteiger partial charge >= 0.3 is 11.7 Å². The summed E-state index contributed by atoms with van der Waals surface area (Å²) in [6.07, 6.45) is 2.36. The molecule has 0 bridgehead atoms. The van der Waals surface area contributed by atoms with Gasteiger partial charge in [0, 0.05) is 0 Å². The Hall–Kier alpha value is -4.33. The van der Waals surface area contributed by atoms with Crippen LogP contribution < -0.4 is 10.5 Å². The molecule has 0 saturated heterocycles. The van der Waals surface area contributed by atoms with Crippen molar-refractivity contribution in [3.05, 3.63) is 75.1 Å². The topological polar surface area (TPSA) is 156 Å². The van der Waals surface area contributed by atoms with Crippen LogP contribution in [0.1, 0.15) is 25.3 Å². The molecule has 2 N–H and O–H groups in total. The van der Waals surface area contributed by atoms with Gasteiger partial charge in [-0.05, 0) is 31.5 Å². The molecular weight excluding hydrogens is 406 g/mol. The first-order valence-corrected chi connectivity index (χ1v) is 9.20. The van der Waals surface area contributed by atoms with Crippen LogP contribution in [0.3, 0.4) is 0 Å². The third kappa shape index (κ3) is 4.48. The van der Waals surface area contributed by atoms with Crippen molar-refractivity contribution < 1.29 is 23.9 Å². The standard InChI is InChI=1S/C20H19N5O6/c1-3-29-20(26)17-12(2)31-19(22)16(8-21)18(17)13-5-4-6-15(7-13)30-11-24-10-14(9-23-24)25(27)28/h4-7,9-10,18H,3,11,22H2,1-2H3. The predicted octanol–water partition coefficient (Wildman–Crippen LogP) is 2.47. The van der Waals surface area contributed by atoms with Crippen LogP contribution in [0.25, 0.3) is 0 Å². The van der Waals surface area contributed by atoms with E-state index in [2.05, 4.69) is 5.10 Å². The minimum Gasteiger partial charge on any atom is -0.471 e. The van der Waals surface area contributed by atoms with Gasteiger partial charge in [-0.3, -0.25) is 10.1 Å². The van der Waals surface area contributed by atoms with Crippen molar-refractivity contribution in [2.75, 3.05) is 6.61 Å². The third-order valence-corrected chi connectivity index (χ3v) is 4.49. The highest BCUT2D eigenvalue weighted by molar-refractivity contribution is 5.92. The second-order valence-corrected chi connectivity index (χ2v) is 6.46. The maximum absolute atomic E-state index is 12.6. The zero-order chi connectivity index (χ0) is 22.5. The SMILES string of the molecule is CCOC(=O)C1=C(C)OC(N)=C(C#N)C1c1cccc(OCn2cc([N+](=O)[O-])cn2)c1. The summed E-state index contributed by atoms with van der Waals surface area (Å²) in [7, 11) is 0. The van der Waals surface area contributed by atoms with Gasteiger partial charge in [-0.2, -0.15) is 10.4 Å². The molecule has 0 spiro atoms. The number of aromatic nitrogens is 2. The van der Waals surface area contributed by atoms with Gasteiger partial charge < -0.3 is 19.9 Å². The molecule has 0 saturated carbocycles. The minimum atomic E-state index is -0.799. The van der Waals surface area contributed by atoms with Crippen LogP contribution in [0, 0.1) is 21.4 Å². The summed E-state index contributed by atoms with van der Waals surface area (Å²) >= 11 is 0. The number of hydrogen-bond acceptors (Lipinski definition) is 9. The number of allylic oxidation sites excluding steroid dienone is 2. The molecule has 1 aliphatic rings. The molecule has 2 heterocycles. The minimum absolute atomic E-state index is 0.0756. The van der Waals surface area contributed by atoms with Gasteiger partial charge in [0.1, 0.15) is 35.5 Å². The molecule has 11 heteroatoms. The number of nitro groups is 1. The van der Waals surface area contributed by atoms with Gasteiger partial charge in [0.05, 0.1) is 23.0 Å². The normalized spacial score (nSPS) is 15.8. The van der Waals surface area contributed by atoms with Crippen LogP contribution >= 0.6 is 0 Å². The fraction of sp³-hybridized carbons (Fsp3) is 0.250. The zero-order valence-electron chi connectivity index (χ0n) is 16.8. The number of carbonyl (C=O) groups excluding carboxylic acids is 1. The van der Waals surface area contributed by atoms with Gasteiger partial charge in [-0.25, -0.2) is 9.48 Å². The lowest BCUT2D eigenvalue weighted by molar-refractivity contribution is -0.385. The molecule has 11 nitrogen and oxygen atoms in total. The van der Waals surface area contributed by atoms with Gasteiger partial charge in [-0.15, -0.1) is 0 Å². The third-order valence-electron chi connectivity index (χ3n) is 4.49. The number of ether oxygens (including phenoxy) is 3. The van der Waals surface area contributed by atoms with Crippen LogP contribution in [0.2, 0.25) is 0 Å². The Balaban J connectivity index is 1.91. The average Bonchev–Trinajstić information content (AvgIpc) is 3.21. The van der Waals surface area contributed by atoms with E-state index in [0.29, 0.717) is 11.3 Å². The molecule has 160 valence electrons. The van der Waals surface area contributed by atoms with Crippen LogP contribution in [0.4, 0.5) is 5.69 Å². The largest absolute Gasteiger partial charge is 0.471 e. The van der Waals surface area contributed by atoms with Crippen molar-refractivity contribution in [3.63, 3.8) is 0 Å². The number of hydrogen-bond donors (Lipinski definition) is 1. The number of esters is 1. The molecule has 0 fully saturated rings. The lowest BCUT2D eigenvalue weighted by Gasteiger charge is -2.27. The molecule has 31 heavy (non-hydrogen) atoms. The first-order valence-electron chi connectivity index (χ1n) is 9.20. The quantitative estimate of drug-likeness (QED) is 0.400. The lowest BCUT2D eigenvalue weighted by atomic mass is 9.83. The maximum atomic E-state index is 12.6. The Morgan fingerprint density at radius 3 is 2.90 bits per heavy atom. The summed E-state index contributed by atoms with van der Waals surface area (Å²) in [6.45, 7) is 3.33. The number of carbonyl (C=O) groups is 1. The molecular formula is C20H19N5O6. The summed E-state index contributed by atoms with van der Waals surface area (Å²) in [5, 5.41) is 24.3. The van der Waals surface area contributed by atoms with Gasteiger partial charge in [0.2, 0.25) is 5.88 Å². The smallest absolute Gasteiger partial charge is 0.338 e. The van der Waals surface area contributed by atoms with Crippen molar-refractivity contribution in [3.8, 4) is 11.8 Å². The van der Waals surface area contributed by atoms with E-state index in [1.165, 1.54) is 10.9 Å². The van der Waals surface area contributed by atoms with Gasteiger partial charge in [0.25, 0.3) is 0 Å². The Kier molecular flexibility index (Phi) is 6.21. The van der Waals surface area contributed by atoms with Gasteiger partial charge in [0.15, 0.2) is 6.73 Å². The van der Waals surface area contributed by atoms with Crippen LogP contribution in [-0.2, 0) is 21.0 Å². The number of rotatable bonds is 7. The highest BCUT2D eigenvalue weighted by atomic mass is 16.6. The van der Waals surface area contributed by atoms with E-state index >= 15 is 0 Å². The summed E-state index contributed by atoms with van der Waals surface area (Å²) in [6, 6.07) is 8.73. The van der Waals surface area contributed by atoms with E-state index in [4.69, 9.17) is 19.9 Å². The molecule has 0 aliphatic carbocycles. The lowest BCUT2D eigenvalue weighted by Crippen LogP contribution is -2.25. The molecule has 3 rings (SSSR count). The van der Waals surface area contributed by atoms with E-state index in [0.717, 1.165) is 6.20 Å². The Bertz CT molecular complexity index is 1130. The number of nitrogens with two attached hydrogens (primary N) is 1. The average molecular weight is 425 g/mol. The summed E-state index contributed by atoms with van der Waals surface area (Å²) in [4.78, 5) is 22.8. The highest BCUT2D eigenvalue weighted by Crippen LogP contribution is 2.40. The van der Waals surface area contributed by atoms with Crippen LogP contribution in [0.5, 0.6) is 5.75 Å². The fourth-order valence-corrected chi connectivity index (χ4v) is 3.13. The zero-order valence-corrected chi connectivity index (χ0v) is 16.8. The summed E-state index contributed by atoms with van der Waals surface area (Å²) in [5.74, 6) is -0.852. The van der Waals surface area contributed by atoms with Crippen molar-refractivity contribution in [2.24, 2.45) is 5.73 Å². The van der Waals surface area contributed by atoms with Crippen molar-refractivity contribution >= 4 is 11.7 Å². The highest BCUT2D eigenvalue weighted by Gasteiger charge is 2.36. The first kappa shape index (κ1) is 21.4. The van der Waals surface area contributed by atoms with Gasteiger partial charge in [-0.1, -0.05) is 12.1 Å². The Morgan fingerprint density at radius 1 is 1.48 bits per heavy atom. The molecule has 0 radical (unpaired) electrons. The Labute approximate surface area is 177 Å². The fourth-order valence-electron chi connectivity index (χ4n) is 3.13. The molecule has 2 aromatic rings. The Morgan fingerprint density at radius 2 is 2.26 bits per heavy atom.